The van der Waals surface area contributed by atoms with E-state index in [1.807, 2.05) is 0 Å². The van der Waals surface area contributed by atoms with Crippen LogP contribution in [0.2, 0.25) is 0 Å². The van der Waals surface area contributed by atoms with Gasteiger partial charge >= 0.3 is 5.97 Å². The average molecular weight is 299 g/mol. The summed E-state index contributed by atoms with van der Waals surface area (Å²) in [6.45, 7) is 0. The number of phenolic OH excluding ortho intramolecular Hbond substituents is 2. The molecule has 114 valence electrons. The molecule has 0 aliphatic heterocycles. The average Bonchev–Trinajstić information content (AvgIpc) is 2.54. The van der Waals surface area contributed by atoms with Crippen molar-refractivity contribution in [1.82, 2.24) is 0 Å². The van der Waals surface area contributed by atoms with Crippen LogP contribution < -0.4 is 0 Å². The fraction of sp³-hybridized carbons (Fsp3) is 0.176. The van der Waals surface area contributed by atoms with Crippen molar-refractivity contribution >= 4 is 12.2 Å². The van der Waals surface area contributed by atoms with Crippen LogP contribution in [0.25, 0.3) is 0 Å². The van der Waals surface area contributed by atoms with Gasteiger partial charge in [0, 0.05) is 18.2 Å². The second-order valence-corrected chi connectivity index (χ2v) is 4.75. The minimum atomic E-state index is -0.714. The van der Waals surface area contributed by atoms with Crippen molar-refractivity contribution in [2.45, 2.75) is 12.5 Å². The lowest BCUT2D eigenvalue weighted by atomic mass is 10.1. The predicted octanol–water partition coefficient (Wildman–Crippen LogP) is 2.30. The Morgan fingerprint density at radius 1 is 1.18 bits per heavy atom. The Morgan fingerprint density at radius 3 is 2.50 bits per heavy atom. The van der Waals surface area contributed by atoms with E-state index in [0.717, 1.165) is 5.56 Å². The van der Waals surface area contributed by atoms with E-state index in [9.17, 15) is 15.0 Å². The highest BCUT2D eigenvalue weighted by molar-refractivity contribution is 5.86. The zero-order valence-corrected chi connectivity index (χ0v) is 12.1. The number of carbonyl (C=O) groups is 1. The monoisotopic (exact) mass is 299 g/mol. The molecule has 2 rings (SSSR count). The van der Waals surface area contributed by atoms with Crippen LogP contribution in [0, 0.1) is 0 Å². The quantitative estimate of drug-likeness (QED) is 0.656. The van der Waals surface area contributed by atoms with Crippen molar-refractivity contribution in [2.75, 3.05) is 7.11 Å². The zero-order valence-electron chi connectivity index (χ0n) is 12.1. The maximum atomic E-state index is 11.8. The van der Waals surface area contributed by atoms with Crippen LogP contribution in [0.1, 0.15) is 11.1 Å². The number of phenols is 2. The van der Waals surface area contributed by atoms with Gasteiger partial charge in [0.25, 0.3) is 0 Å². The number of nitrogens with zero attached hydrogens (tertiary/aromatic N) is 1. The third-order valence-electron chi connectivity index (χ3n) is 3.17. The number of carbonyl (C=O) groups excluding carboxylic acids is 1. The van der Waals surface area contributed by atoms with Gasteiger partial charge in [0.05, 0.1) is 7.11 Å². The Morgan fingerprint density at radius 2 is 1.86 bits per heavy atom. The van der Waals surface area contributed by atoms with Gasteiger partial charge in [-0.25, -0.2) is 4.79 Å². The first kappa shape index (κ1) is 15.6. The Labute approximate surface area is 128 Å². The molecule has 0 aliphatic rings. The van der Waals surface area contributed by atoms with Crippen LogP contribution in [-0.4, -0.2) is 35.5 Å². The third-order valence-corrected chi connectivity index (χ3v) is 3.17. The van der Waals surface area contributed by atoms with Gasteiger partial charge < -0.3 is 14.9 Å². The van der Waals surface area contributed by atoms with E-state index in [0.29, 0.717) is 12.0 Å². The molecule has 1 atom stereocenters. The Kier molecular flexibility index (Phi) is 5.14. The Hall–Kier alpha value is -2.82. The molecule has 22 heavy (non-hydrogen) atoms. The van der Waals surface area contributed by atoms with Crippen LogP contribution in [0.5, 0.6) is 11.5 Å². The fourth-order valence-electron chi connectivity index (χ4n) is 1.96. The molecular formula is C17H17NO4. The third kappa shape index (κ3) is 4.09. The van der Waals surface area contributed by atoms with Gasteiger partial charge in [-0.15, -0.1) is 0 Å². The number of hydrogen-bond acceptors (Lipinski definition) is 5. The van der Waals surface area contributed by atoms with E-state index >= 15 is 0 Å². The molecule has 0 fully saturated rings. The Bertz CT molecular complexity index is 665. The number of methoxy groups -OCH3 is 1. The molecule has 0 saturated heterocycles. The molecule has 0 aromatic heterocycles. The molecule has 2 aromatic carbocycles. The van der Waals surface area contributed by atoms with Gasteiger partial charge in [0.15, 0.2) is 6.04 Å². The maximum Gasteiger partial charge on any atom is 0.330 e. The van der Waals surface area contributed by atoms with Crippen LogP contribution in [0.4, 0.5) is 0 Å². The highest BCUT2D eigenvalue weighted by Crippen LogP contribution is 2.15. The van der Waals surface area contributed by atoms with Crippen molar-refractivity contribution in [3.63, 3.8) is 0 Å². The van der Waals surface area contributed by atoms with Crippen LogP contribution >= 0.6 is 0 Å². The molecule has 0 bridgehead atoms. The lowest BCUT2D eigenvalue weighted by Crippen LogP contribution is -2.23. The second kappa shape index (κ2) is 7.26. The number of esters is 1. The van der Waals surface area contributed by atoms with Crippen LogP contribution in [0.15, 0.2) is 53.5 Å². The topological polar surface area (TPSA) is 79.1 Å². The summed E-state index contributed by atoms with van der Waals surface area (Å²) in [4.78, 5) is 16.1. The van der Waals surface area contributed by atoms with E-state index in [1.165, 1.54) is 13.3 Å². The van der Waals surface area contributed by atoms with Gasteiger partial charge in [0.1, 0.15) is 11.5 Å². The maximum absolute atomic E-state index is 11.8. The molecule has 0 spiro atoms. The van der Waals surface area contributed by atoms with E-state index in [-0.39, 0.29) is 11.5 Å². The molecule has 5 nitrogen and oxygen atoms in total. The molecule has 2 aromatic rings. The summed E-state index contributed by atoms with van der Waals surface area (Å²) in [7, 11) is 1.31. The molecule has 2 N–H and O–H groups in total. The summed E-state index contributed by atoms with van der Waals surface area (Å²) in [5, 5.41) is 19.0. The normalized spacial score (nSPS) is 12.2. The number of aliphatic imine (C=N–C) groups is 1. The zero-order chi connectivity index (χ0) is 15.9. The van der Waals surface area contributed by atoms with Crippen molar-refractivity contribution in [1.29, 1.82) is 0 Å². The number of rotatable bonds is 5. The molecule has 0 aliphatic carbocycles. The smallest absolute Gasteiger partial charge is 0.330 e. The first-order valence-corrected chi connectivity index (χ1v) is 6.77. The number of ether oxygens (including phenoxy) is 1. The molecule has 0 radical (unpaired) electrons. The SMILES string of the molecule is COC(=O)[C@@H](Cc1ccc(O)cc1)N=Cc1ccccc1O. The van der Waals surface area contributed by atoms with E-state index in [4.69, 9.17) is 4.74 Å². The van der Waals surface area contributed by atoms with Gasteiger partial charge in [-0.05, 0) is 29.8 Å². The van der Waals surface area contributed by atoms with E-state index < -0.39 is 12.0 Å². The van der Waals surface area contributed by atoms with Gasteiger partial charge in [0.2, 0.25) is 0 Å². The van der Waals surface area contributed by atoms with Crippen molar-refractivity contribution in [3.05, 3.63) is 59.7 Å². The molecule has 5 heteroatoms. The minimum absolute atomic E-state index is 0.0968. The van der Waals surface area contributed by atoms with Gasteiger partial charge in [-0.1, -0.05) is 24.3 Å². The van der Waals surface area contributed by atoms with Gasteiger partial charge in [-0.2, -0.15) is 0 Å². The fourth-order valence-corrected chi connectivity index (χ4v) is 1.96. The Balaban J connectivity index is 2.18. The minimum Gasteiger partial charge on any atom is -0.508 e. The number of hydrogen-bond donors (Lipinski definition) is 2. The predicted molar refractivity (Wildman–Crippen MR) is 83.3 cm³/mol. The summed E-state index contributed by atoms with van der Waals surface area (Å²) >= 11 is 0. The molecular weight excluding hydrogens is 282 g/mol. The van der Waals surface area contributed by atoms with Gasteiger partial charge in [-0.3, -0.25) is 4.99 Å². The summed E-state index contributed by atoms with van der Waals surface area (Å²) in [5.41, 5.74) is 1.38. The highest BCUT2D eigenvalue weighted by atomic mass is 16.5. The van der Waals surface area contributed by atoms with Crippen molar-refractivity contribution in [3.8, 4) is 11.5 Å². The standard InChI is InChI=1S/C17H17NO4/c1-22-17(21)15(10-12-6-8-14(19)9-7-12)18-11-13-4-2-3-5-16(13)20/h2-9,11,15,19-20H,10H2,1H3/t15-/m1/s1. The van der Waals surface area contributed by atoms with Crippen LogP contribution in [-0.2, 0) is 16.0 Å². The summed E-state index contributed by atoms with van der Waals surface area (Å²) in [5.74, 6) is -0.199. The number of aromatic hydroxyl groups is 2. The largest absolute Gasteiger partial charge is 0.508 e. The summed E-state index contributed by atoms with van der Waals surface area (Å²) in [6, 6.07) is 12.6. The van der Waals surface area contributed by atoms with Crippen molar-refractivity contribution in [2.24, 2.45) is 4.99 Å². The summed E-state index contributed by atoms with van der Waals surface area (Å²) < 4.78 is 4.76. The number of benzene rings is 2. The van der Waals surface area contributed by atoms with E-state index in [2.05, 4.69) is 4.99 Å². The van der Waals surface area contributed by atoms with Crippen molar-refractivity contribution < 1.29 is 19.7 Å². The molecule has 0 amide bonds. The van der Waals surface area contributed by atoms with Crippen LogP contribution in [0.3, 0.4) is 0 Å². The molecule has 0 saturated carbocycles. The lowest BCUT2D eigenvalue weighted by molar-refractivity contribution is -0.142. The van der Waals surface area contributed by atoms with E-state index in [1.54, 1.807) is 48.5 Å². The molecule has 0 heterocycles. The first-order valence-electron chi connectivity index (χ1n) is 6.77. The lowest BCUT2D eigenvalue weighted by Gasteiger charge is -2.10. The molecule has 0 unspecified atom stereocenters. The highest BCUT2D eigenvalue weighted by Gasteiger charge is 2.18. The summed E-state index contributed by atoms with van der Waals surface area (Å²) in [6.07, 6.45) is 1.80. The first-order chi connectivity index (χ1) is 10.6. The second-order valence-electron chi connectivity index (χ2n) is 4.75. The number of para-hydroxylation sites is 1.